The smallest absolute Gasteiger partial charge is 0.0940 e. The fraction of sp³-hybridized carbons (Fsp3) is 0.923. The molecular weight excluding hydrogens is 269 g/mol. The molecule has 1 fully saturated rings. The van der Waals surface area contributed by atoms with Crippen molar-refractivity contribution in [2.24, 2.45) is 22.4 Å². The Morgan fingerprint density at radius 2 is 1.67 bits per heavy atom. The molecule has 0 saturated heterocycles. The van der Waals surface area contributed by atoms with Gasteiger partial charge in [0.1, 0.15) is 0 Å². The second-order valence-corrected chi connectivity index (χ2v) is 5.46. The molecule has 2 aliphatic rings. The molecule has 3 unspecified atom stereocenters. The number of aliphatic imine (C=N–C) groups is 1. The average Bonchev–Trinajstić information content (AvgIpc) is 2.46. The van der Waals surface area contributed by atoms with Gasteiger partial charge in [-0.2, -0.15) is 0 Å². The summed E-state index contributed by atoms with van der Waals surface area (Å²) in [4.78, 5) is 4.64. The lowest BCUT2D eigenvalue weighted by Gasteiger charge is -2.30. The first-order chi connectivity index (χ1) is 7.75. The largest absolute Gasteiger partial charge is 0.387 e. The van der Waals surface area contributed by atoms with E-state index in [0.29, 0.717) is 18.0 Å². The van der Waals surface area contributed by atoms with Gasteiger partial charge in [-0.25, -0.2) is 0 Å². The van der Waals surface area contributed by atoms with Gasteiger partial charge in [0, 0.05) is 12.5 Å². The van der Waals surface area contributed by atoms with Gasteiger partial charge in [0.15, 0.2) is 0 Å². The van der Waals surface area contributed by atoms with E-state index in [4.69, 9.17) is 11.5 Å². The molecule has 1 heterocycles. The van der Waals surface area contributed by atoms with Crippen molar-refractivity contribution >= 4 is 30.6 Å². The fourth-order valence-corrected chi connectivity index (χ4v) is 3.10. The lowest BCUT2D eigenvalue weighted by atomic mass is 9.80. The van der Waals surface area contributed by atoms with Crippen molar-refractivity contribution in [3.05, 3.63) is 0 Å². The van der Waals surface area contributed by atoms with Crippen LogP contribution in [0.15, 0.2) is 4.99 Å². The van der Waals surface area contributed by atoms with Crippen molar-refractivity contribution in [3.8, 4) is 0 Å². The average molecular weight is 296 g/mol. The van der Waals surface area contributed by atoms with Crippen LogP contribution in [0.4, 0.5) is 0 Å². The van der Waals surface area contributed by atoms with Crippen molar-refractivity contribution in [1.29, 1.82) is 0 Å². The Morgan fingerprint density at radius 3 is 2.39 bits per heavy atom. The van der Waals surface area contributed by atoms with Crippen LogP contribution in [0.5, 0.6) is 0 Å². The predicted octanol–water partition coefficient (Wildman–Crippen LogP) is 3.04. The van der Waals surface area contributed by atoms with Crippen LogP contribution in [0.3, 0.4) is 0 Å². The van der Waals surface area contributed by atoms with E-state index in [2.05, 4.69) is 4.99 Å². The van der Waals surface area contributed by atoms with E-state index in [0.717, 1.165) is 12.3 Å². The van der Waals surface area contributed by atoms with Gasteiger partial charge in [-0.05, 0) is 38.0 Å². The molecule has 5 heteroatoms. The summed E-state index contributed by atoms with van der Waals surface area (Å²) in [6.07, 6.45) is 11.0. The van der Waals surface area contributed by atoms with E-state index >= 15 is 0 Å². The maximum absolute atomic E-state index is 6.19. The van der Waals surface area contributed by atoms with E-state index in [1.54, 1.807) is 0 Å². The molecule has 2 rings (SSSR count). The Morgan fingerprint density at radius 1 is 1.00 bits per heavy atom. The molecule has 18 heavy (non-hydrogen) atoms. The van der Waals surface area contributed by atoms with Crippen LogP contribution >= 0.6 is 24.8 Å². The first-order valence-electron chi connectivity index (χ1n) is 6.83. The van der Waals surface area contributed by atoms with Gasteiger partial charge in [0.2, 0.25) is 0 Å². The summed E-state index contributed by atoms with van der Waals surface area (Å²) in [6, 6.07) is 0.866. The second kappa shape index (κ2) is 9.00. The molecule has 1 aliphatic heterocycles. The Bertz CT molecular complexity index is 259. The van der Waals surface area contributed by atoms with Crippen molar-refractivity contribution < 1.29 is 0 Å². The second-order valence-electron chi connectivity index (χ2n) is 5.46. The summed E-state index contributed by atoms with van der Waals surface area (Å²) in [5, 5.41) is 0. The lowest BCUT2D eigenvalue weighted by Crippen LogP contribution is -2.35. The summed E-state index contributed by atoms with van der Waals surface area (Å²) >= 11 is 0. The third kappa shape index (κ3) is 5.33. The Hall–Kier alpha value is 0.01000. The first-order valence-corrected chi connectivity index (χ1v) is 6.83. The monoisotopic (exact) mass is 295 g/mol. The molecule has 3 atom stereocenters. The molecule has 0 aromatic rings. The number of nitrogens with zero attached hydrogens (tertiary/aromatic N) is 1. The maximum atomic E-state index is 6.19. The van der Waals surface area contributed by atoms with E-state index in [1.807, 2.05) is 0 Å². The highest BCUT2D eigenvalue weighted by molar-refractivity contribution is 5.85. The van der Waals surface area contributed by atoms with Gasteiger partial charge < -0.3 is 11.5 Å². The minimum atomic E-state index is 0. The van der Waals surface area contributed by atoms with Crippen LogP contribution in [0.25, 0.3) is 0 Å². The SMILES string of the molecule is Cl.Cl.NC1=NC(CC2CCCCC2N)CCCC1. The molecule has 0 bridgehead atoms. The summed E-state index contributed by atoms with van der Waals surface area (Å²) in [5.41, 5.74) is 12.1. The molecule has 1 saturated carbocycles. The molecule has 0 radical (unpaired) electrons. The molecule has 0 spiro atoms. The molecule has 3 nitrogen and oxygen atoms in total. The quantitative estimate of drug-likeness (QED) is 0.822. The molecule has 0 aromatic carbocycles. The van der Waals surface area contributed by atoms with E-state index < -0.39 is 0 Å². The molecule has 4 N–H and O–H groups in total. The molecular formula is C13H27Cl2N3. The molecule has 1 aliphatic carbocycles. The predicted molar refractivity (Wildman–Crippen MR) is 82.9 cm³/mol. The van der Waals surface area contributed by atoms with Crippen molar-refractivity contribution in [2.75, 3.05) is 0 Å². The summed E-state index contributed by atoms with van der Waals surface area (Å²) in [7, 11) is 0. The Kier molecular flexibility index (Phi) is 9.01. The number of rotatable bonds is 2. The number of nitrogens with two attached hydrogens (primary N) is 2. The summed E-state index contributed by atoms with van der Waals surface area (Å²) in [5.74, 6) is 1.56. The first kappa shape index (κ1) is 18.0. The molecule has 0 amide bonds. The van der Waals surface area contributed by atoms with Crippen molar-refractivity contribution in [2.45, 2.75) is 69.9 Å². The van der Waals surface area contributed by atoms with Gasteiger partial charge in [-0.3, -0.25) is 4.99 Å². The number of halogens is 2. The van der Waals surface area contributed by atoms with Crippen molar-refractivity contribution in [1.82, 2.24) is 0 Å². The van der Waals surface area contributed by atoms with Crippen LogP contribution in [0.2, 0.25) is 0 Å². The third-order valence-electron chi connectivity index (χ3n) is 4.11. The Labute approximate surface area is 123 Å². The fourth-order valence-electron chi connectivity index (χ4n) is 3.10. The number of amidine groups is 1. The van der Waals surface area contributed by atoms with Crippen LogP contribution in [-0.2, 0) is 0 Å². The van der Waals surface area contributed by atoms with E-state index in [9.17, 15) is 0 Å². The minimum Gasteiger partial charge on any atom is -0.387 e. The zero-order valence-electron chi connectivity index (χ0n) is 11.0. The standard InChI is InChI=1S/C13H25N3.2ClH/c14-12-7-3-1-5-10(12)9-11-6-2-4-8-13(15)16-11;;/h10-12H,1-9,14H2,(H2,15,16);2*1H. The van der Waals surface area contributed by atoms with Gasteiger partial charge >= 0.3 is 0 Å². The summed E-state index contributed by atoms with van der Waals surface area (Å²) in [6.45, 7) is 0. The highest BCUT2D eigenvalue weighted by Crippen LogP contribution is 2.29. The zero-order valence-corrected chi connectivity index (χ0v) is 12.6. The topological polar surface area (TPSA) is 64.4 Å². The van der Waals surface area contributed by atoms with E-state index in [-0.39, 0.29) is 24.8 Å². The van der Waals surface area contributed by atoms with Crippen LogP contribution in [-0.4, -0.2) is 17.9 Å². The van der Waals surface area contributed by atoms with Crippen molar-refractivity contribution in [3.63, 3.8) is 0 Å². The van der Waals surface area contributed by atoms with Gasteiger partial charge in [0.25, 0.3) is 0 Å². The highest BCUT2D eigenvalue weighted by Gasteiger charge is 2.25. The van der Waals surface area contributed by atoms with Gasteiger partial charge in [-0.15, -0.1) is 24.8 Å². The third-order valence-corrected chi connectivity index (χ3v) is 4.11. The highest BCUT2D eigenvalue weighted by atomic mass is 35.5. The Balaban J connectivity index is 0.00000144. The van der Waals surface area contributed by atoms with Gasteiger partial charge in [0.05, 0.1) is 11.9 Å². The zero-order chi connectivity index (χ0) is 11.4. The van der Waals surface area contributed by atoms with Crippen LogP contribution in [0.1, 0.15) is 57.8 Å². The van der Waals surface area contributed by atoms with E-state index in [1.165, 1.54) is 51.4 Å². The summed E-state index contributed by atoms with van der Waals surface area (Å²) < 4.78 is 0. The van der Waals surface area contributed by atoms with Gasteiger partial charge in [-0.1, -0.05) is 19.3 Å². The lowest BCUT2D eigenvalue weighted by molar-refractivity contribution is 0.272. The number of hydrogen-bond acceptors (Lipinski definition) is 3. The van der Waals surface area contributed by atoms with Crippen LogP contribution < -0.4 is 11.5 Å². The maximum Gasteiger partial charge on any atom is 0.0940 e. The molecule has 0 aromatic heterocycles. The minimum absolute atomic E-state index is 0. The van der Waals surface area contributed by atoms with Crippen LogP contribution in [0, 0.1) is 5.92 Å². The normalized spacial score (nSPS) is 32.5. The molecule has 108 valence electrons. The number of hydrogen-bond donors (Lipinski definition) is 2.